The van der Waals surface area contributed by atoms with E-state index in [-0.39, 0.29) is 11.6 Å². The van der Waals surface area contributed by atoms with E-state index < -0.39 is 0 Å². The van der Waals surface area contributed by atoms with Crippen LogP contribution in [-0.4, -0.2) is 20.3 Å². The Morgan fingerprint density at radius 1 is 1.19 bits per heavy atom. The molecular weight excluding hydrogens is 352 g/mol. The van der Waals surface area contributed by atoms with Crippen LogP contribution in [0.25, 0.3) is 17.1 Å². The molecule has 1 aromatic carbocycles. The molecule has 0 spiro atoms. The number of aromatic nitrogens is 3. The lowest BCUT2D eigenvalue weighted by molar-refractivity contribution is 0.0944. The third kappa shape index (κ3) is 3.19. The van der Waals surface area contributed by atoms with E-state index in [2.05, 4.69) is 15.3 Å². The highest BCUT2D eigenvalue weighted by atomic mass is 35.5. The van der Waals surface area contributed by atoms with Crippen LogP contribution in [0.2, 0.25) is 5.02 Å². The highest BCUT2D eigenvalue weighted by Crippen LogP contribution is 2.23. The summed E-state index contributed by atoms with van der Waals surface area (Å²) < 4.78 is 7.53. The number of rotatable bonds is 4. The number of benzene rings is 1. The van der Waals surface area contributed by atoms with Gasteiger partial charge in [-0.1, -0.05) is 17.7 Å². The minimum atomic E-state index is -0.302. The van der Waals surface area contributed by atoms with Crippen molar-refractivity contribution in [3.63, 3.8) is 0 Å². The lowest BCUT2D eigenvalue weighted by Crippen LogP contribution is -2.24. The molecule has 4 aromatic rings. The van der Waals surface area contributed by atoms with Crippen LogP contribution in [0.1, 0.15) is 21.9 Å². The van der Waals surface area contributed by atoms with Gasteiger partial charge in [-0.05, 0) is 43.3 Å². The van der Waals surface area contributed by atoms with E-state index in [1.54, 1.807) is 31.2 Å². The van der Waals surface area contributed by atoms with Crippen LogP contribution in [0.4, 0.5) is 0 Å². The van der Waals surface area contributed by atoms with Crippen LogP contribution in [-0.2, 0) is 6.54 Å². The van der Waals surface area contributed by atoms with E-state index in [1.165, 1.54) is 0 Å². The van der Waals surface area contributed by atoms with E-state index in [4.69, 9.17) is 16.0 Å². The fourth-order valence-electron chi connectivity index (χ4n) is 2.65. The molecule has 6 nitrogen and oxygen atoms in total. The molecule has 1 N–H and O–H groups in total. The average molecular weight is 367 g/mol. The molecule has 0 atom stereocenters. The molecule has 0 fully saturated rings. The standard InChI is InChI=1S/C19H15ClN4O2/c1-12-17(23-19(26-12)13-5-7-14(20)8-6-13)18(25)21-10-15-11-24-9-3-2-4-16(24)22-15/h2-9,11H,10H2,1H3,(H,21,25). The van der Waals surface area contributed by atoms with E-state index in [9.17, 15) is 4.79 Å². The van der Waals surface area contributed by atoms with Crippen molar-refractivity contribution in [1.29, 1.82) is 0 Å². The number of hydrogen-bond acceptors (Lipinski definition) is 4. The number of hydrogen-bond donors (Lipinski definition) is 1. The van der Waals surface area contributed by atoms with Gasteiger partial charge in [0.1, 0.15) is 11.4 Å². The number of pyridine rings is 1. The largest absolute Gasteiger partial charge is 0.441 e. The van der Waals surface area contributed by atoms with Crippen molar-refractivity contribution in [1.82, 2.24) is 19.7 Å². The Morgan fingerprint density at radius 2 is 2.00 bits per heavy atom. The number of carbonyl (C=O) groups is 1. The molecule has 0 saturated heterocycles. The SMILES string of the molecule is Cc1oc(-c2ccc(Cl)cc2)nc1C(=O)NCc1cn2ccccc2n1. The molecular formula is C19H15ClN4O2. The first kappa shape index (κ1) is 16.4. The van der Waals surface area contributed by atoms with Gasteiger partial charge >= 0.3 is 0 Å². The molecule has 0 saturated carbocycles. The molecule has 3 aromatic heterocycles. The number of imidazole rings is 1. The maximum absolute atomic E-state index is 12.5. The summed E-state index contributed by atoms with van der Waals surface area (Å²) in [4.78, 5) is 21.2. The third-order valence-corrected chi connectivity index (χ3v) is 4.20. The Bertz CT molecular complexity index is 1050. The Labute approximate surface area is 154 Å². The van der Waals surface area contributed by atoms with Gasteiger partial charge in [0.2, 0.25) is 5.89 Å². The third-order valence-electron chi connectivity index (χ3n) is 3.95. The maximum atomic E-state index is 12.5. The van der Waals surface area contributed by atoms with Crippen LogP contribution >= 0.6 is 11.6 Å². The predicted molar refractivity (Wildman–Crippen MR) is 98.0 cm³/mol. The minimum Gasteiger partial charge on any atom is -0.441 e. The number of aryl methyl sites for hydroxylation is 1. The van der Waals surface area contributed by atoms with Gasteiger partial charge in [0.05, 0.1) is 12.2 Å². The van der Waals surface area contributed by atoms with Gasteiger partial charge in [0.15, 0.2) is 5.69 Å². The first-order valence-corrected chi connectivity index (χ1v) is 8.42. The van der Waals surface area contributed by atoms with Crippen molar-refractivity contribution in [3.8, 4) is 11.5 Å². The van der Waals surface area contributed by atoms with E-state index in [1.807, 2.05) is 35.0 Å². The second kappa shape index (κ2) is 6.65. The van der Waals surface area contributed by atoms with E-state index in [0.29, 0.717) is 23.2 Å². The van der Waals surface area contributed by atoms with Gasteiger partial charge in [-0.3, -0.25) is 4.79 Å². The summed E-state index contributed by atoms with van der Waals surface area (Å²) >= 11 is 5.89. The first-order chi connectivity index (χ1) is 12.6. The zero-order valence-corrected chi connectivity index (χ0v) is 14.7. The fraction of sp³-hybridized carbons (Fsp3) is 0.105. The molecule has 0 unspecified atom stereocenters. The molecule has 0 aliphatic rings. The quantitative estimate of drug-likeness (QED) is 0.595. The van der Waals surface area contributed by atoms with Crippen molar-refractivity contribution < 1.29 is 9.21 Å². The van der Waals surface area contributed by atoms with Crippen molar-refractivity contribution in [3.05, 3.63) is 77.0 Å². The summed E-state index contributed by atoms with van der Waals surface area (Å²) in [5.41, 5.74) is 2.62. The van der Waals surface area contributed by atoms with Crippen molar-refractivity contribution >= 4 is 23.2 Å². The number of nitrogens with one attached hydrogen (secondary N) is 1. The highest BCUT2D eigenvalue weighted by Gasteiger charge is 2.18. The van der Waals surface area contributed by atoms with Gasteiger partial charge in [0, 0.05) is 23.0 Å². The number of fused-ring (bicyclic) bond motifs is 1. The van der Waals surface area contributed by atoms with Crippen LogP contribution in [0.3, 0.4) is 0 Å². The summed E-state index contributed by atoms with van der Waals surface area (Å²) in [5.74, 6) is 0.544. The molecule has 4 rings (SSSR count). The normalized spacial score (nSPS) is 11.0. The van der Waals surface area contributed by atoms with Crippen LogP contribution in [0.15, 0.2) is 59.3 Å². The van der Waals surface area contributed by atoms with Crippen molar-refractivity contribution in [2.45, 2.75) is 13.5 Å². The highest BCUT2D eigenvalue weighted by molar-refractivity contribution is 6.30. The summed E-state index contributed by atoms with van der Waals surface area (Å²) in [7, 11) is 0. The Hall–Kier alpha value is -3.12. The molecule has 0 bridgehead atoms. The molecule has 7 heteroatoms. The second-order valence-electron chi connectivity index (χ2n) is 5.81. The molecule has 1 amide bonds. The molecule has 3 heterocycles. The zero-order valence-electron chi connectivity index (χ0n) is 13.9. The van der Waals surface area contributed by atoms with Crippen molar-refractivity contribution in [2.24, 2.45) is 0 Å². The van der Waals surface area contributed by atoms with Gasteiger partial charge in [0.25, 0.3) is 5.91 Å². The van der Waals surface area contributed by atoms with Gasteiger partial charge in [-0.2, -0.15) is 0 Å². The lowest BCUT2D eigenvalue weighted by atomic mass is 10.2. The number of amides is 1. The average Bonchev–Trinajstić information content (AvgIpc) is 3.23. The maximum Gasteiger partial charge on any atom is 0.273 e. The minimum absolute atomic E-state index is 0.263. The monoisotopic (exact) mass is 366 g/mol. The van der Waals surface area contributed by atoms with Crippen LogP contribution in [0.5, 0.6) is 0 Å². The molecule has 0 aliphatic carbocycles. The lowest BCUT2D eigenvalue weighted by Gasteiger charge is -2.00. The number of nitrogens with zero attached hydrogens (tertiary/aromatic N) is 3. The molecule has 0 aliphatic heterocycles. The summed E-state index contributed by atoms with van der Waals surface area (Å²) in [6.07, 6.45) is 3.79. The Morgan fingerprint density at radius 3 is 2.77 bits per heavy atom. The smallest absolute Gasteiger partial charge is 0.273 e. The van der Waals surface area contributed by atoms with Crippen molar-refractivity contribution in [2.75, 3.05) is 0 Å². The van der Waals surface area contributed by atoms with Crippen LogP contribution in [0, 0.1) is 6.92 Å². The first-order valence-electron chi connectivity index (χ1n) is 8.04. The van der Waals surface area contributed by atoms with Gasteiger partial charge < -0.3 is 14.1 Å². The van der Waals surface area contributed by atoms with E-state index in [0.717, 1.165) is 16.9 Å². The van der Waals surface area contributed by atoms with Crippen LogP contribution < -0.4 is 5.32 Å². The Balaban J connectivity index is 1.50. The summed E-state index contributed by atoms with van der Waals surface area (Å²) in [6, 6.07) is 12.8. The summed E-state index contributed by atoms with van der Waals surface area (Å²) in [6.45, 7) is 2.02. The molecule has 0 radical (unpaired) electrons. The molecule has 130 valence electrons. The topological polar surface area (TPSA) is 72.4 Å². The summed E-state index contributed by atoms with van der Waals surface area (Å²) in [5, 5.41) is 3.46. The second-order valence-corrected chi connectivity index (χ2v) is 6.25. The van der Waals surface area contributed by atoms with E-state index >= 15 is 0 Å². The van der Waals surface area contributed by atoms with Gasteiger partial charge in [-0.25, -0.2) is 9.97 Å². The zero-order chi connectivity index (χ0) is 18.1. The Kier molecular flexibility index (Phi) is 4.18. The predicted octanol–water partition coefficient (Wildman–Crippen LogP) is 3.88. The van der Waals surface area contributed by atoms with Gasteiger partial charge in [-0.15, -0.1) is 0 Å². The fourth-order valence-corrected chi connectivity index (χ4v) is 2.78. The number of halogens is 1. The number of carbonyl (C=O) groups excluding carboxylic acids is 1. The number of oxazole rings is 1. The molecule has 26 heavy (non-hydrogen) atoms.